The van der Waals surface area contributed by atoms with Crippen LogP contribution in [0.25, 0.3) is 0 Å². The molecule has 2 aliphatic rings. The van der Waals surface area contributed by atoms with Gasteiger partial charge in [-0.05, 0) is 12.8 Å². The van der Waals surface area contributed by atoms with Crippen LogP contribution in [0.3, 0.4) is 0 Å². The first-order chi connectivity index (χ1) is 7.74. The van der Waals surface area contributed by atoms with Crippen molar-refractivity contribution in [3.8, 4) is 0 Å². The van der Waals surface area contributed by atoms with E-state index in [1.165, 1.54) is 0 Å². The Labute approximate surface area is 94.3 Å². The number of rotatable bonds is 3. The van der Waals surface area contributed by atoms with Crippen LogP contribution < -0.4 is 0 Å². The molecule has 0 bridgehead atoms. The summed E-state index contributed by atoms with van der Waals surface area (Å²) < 4.78 is 21.5. The molecule has 2 rings (SSSR count). The Hall–Kier alpha value is -0.910. The second-order valence-corrected chi connectivity index (χ2v) is 3.87. The summed E-state index contributed by atoms with van der Waals surface area (Å²) in [6.45, 7) is 4.54. The van der Waals surface area contributed by atoms with Gasteiger partial charge in [0.1, 0.15) is 12.7 Å². The highest BCUT2D eigenvalue weighted by Gasteiger charge is 2.44. The normalized spacial score (nSPS) is 33.9. The fourth-order valence-corrected chi connectivity index (χ4v) is 1.81. The average Bonchev–Trinajstić information content (AvgIpc) is 2.70. The predicted octanol–water partition coefficient (Wildman–Crippen LogP) is 0.985. The van der Waals surface area contributed by atoms with Crippen LogP contribution in [-0.2, 0) is 23.7 Å². The highest BCUT2D eigenvalue weighted by Crippen LogP contribution is 2.33. The third kappa shape index (κ3) is 2.61. The zero-order valence-corrected chi connectivity index (χ0v) is 9.15. The van der Waals surface area contributed by atoms with Gasteiger partial charge in [0, 0.05) is 12.5 Å². The lowest BCUT2D eigenvalue weighted by molar-refractivity contribution is -0.352. The van der Waals surface area contributed by atoms with Crippen molar-refractivity contribution in [2.45, 2.75) is 31.3 Å². The van der Waals surface area contributed by atoms with Crippen molar-refractivity contribution >= 4 is 5.97 Å². The maximum atomic E-state index is 10.9. The molecule has 16 heavy (non-hydrogen) atoms. The Balaban J connectivity index is 1.78. The van der Waals surface area contributed by atoms with Crippen molar-refractivity contribution in [2.24, 2.45) is 0 Å². The molecular weight excluding hydrogens is 212 g/mol. The van der Waals surface area contributed by atoms with E-state index in [0.29, 0.717) is 13.2 Å². The quantitative estimate of drug-likeness (QED) is 0.532. The van der Waals surface area contributed by atoms with Crippen LogP contribution in [0.2, 0.25) is 0 Å². The van der Waals surface area contributed by atoms with Crippen molar-refractivity contribution in [3.63, 3.8) is 0 Å². The molecule has 2 atom stereocenters. The Morgan fingerprint density at radius 2 is 2.38 bits per heavy atom. The number of esters is 1. The van der Waals surface area contributed by atoms with Crippen molar-refractivity contribution in [1.82, 2.24) is 0 Å². The summed E-state index contributed by atoms with van der Waals surface area (Å²) in [4.78, 5) is 10.9. The van der Waals surface area contributed by atoms with Gasteiger partial charge in [0.15, 0.2) is 0 Å². The van der Waals surface area contributed by atoms with E-state index >= 15 is 0 Å². The summed E-state index contributed by atoms with van der Waals surface area (Å²) in [5.74, 6) is -1.34. The third-order valence-electron chi connectivity index (χ3n) is 2.61. The van der Waals surface area contributed by atoms with E-state index in [1.807, 2.05) is 0 Å². The first-order valence-corrected chi connectivity index (χ1v) is 5.49. The molecule has 2 fully saturated rings. The number of ether oxygens (including phenoxy) is 4. The standard InChI is InChI=1S/C11H16O5/c1-2-10(12)13-7-9-8-15-11(16-9)5-3-4-6-14-11/h2,9H,1,3-8H2. The molecule has 0 aliphatic carbocycles. The van der Waals surface area contributed by atoms with Crippen LogP contribution in [0.4, 0.5) is 0 Å². The summed E-state index contributed by atoms with van der Waals surface area (Å²) >= 11 is 0. The first-order valence-electron chi connectivity index (χ1n) is 5.49. The van der Waals surface area contributed by atoms with E-state index < -0.39 is 11.9 Å². The van der Waals surface area contributed by atoms with Gasteiger partial charge in [-0.1, -0.05) is 6.58 Å². The Bertz CT molecular complexity index is 270. The lowest BCUT2D eigenvalue weighted by atomic mass is 10.2. The fourth-order valence-electron chi connectivity index (χ4n) is 1.81. The van der Waals surface area contributed by atoms with Crippen molar-refractivity contribution in [3.05, 3.63) is 12.7 Å². The van der Waals surface area contributed by atoms with E-state index in [4.69, 9.17) is 18.9 Å². The Kier molecular flexibility index (Phi) is 3.58. The SMILES string of the molecule is C=CC(=O)OCC1COC2(CCCCO2)O1. The van der Waals surface area contributed by atoms with Crippen molar-refractivity contribution in [1.29, 1.82) is 0 Å². The molecule has 0 radical (unpaired) electrons. The molecule has 0 amide bonds. The number of hydrogen-bond donors (Lipinski definition) is 0. The zero-order chi connectivity index (χ0) is 11.4. The van der Waals surface area contributed by atoms with Crippen LogP contribution in [0.5, 0.6) is 0 Å². The topological polar surface area (TPSA) is 54.0 Å². The molecule has 90 valence electrons. The highest BCUT2D eigenvalue weighted by molar-refractivity contribution is 5.81. The molecule has 0 N–H and O–H groups in total. The van der Waals surface area contributed by atoms with E-state index in [9.17, 15) is 4.79 Å². The molecule has 2 aliphatic heterocycles. The molecule has 1 spiro atoms. The van der Waals surface area contributed by atoms with Gasteiger partial charge in [-0.3, -0.25) is 0 Å². The average molecular weight is 228 g/mol. The first kappa shape index (κ1) is 11.6. The summed E-state index contributed by atoms with van der Waals surface area (Å²) in [7, 11) is 0. The van der Waals surface area contributed by atoms with Gasteiger partial charge in [-0.15, -0.1) is 0 Å². The summed E-state index contributed by atoms with van der Waals surface area (Å²) in [6.07, 6.45) is 3.67. The molecule has 5 heteroatoms. The lowest BCUT2D eigenvalue weighted by Crippen LogP contribution is -2.38. The zero-order valence-electron chi connectivity index (χ0n) is 9.15. The summed E-state index contributed by atoms with van der Waals surface area (Å²) in [6, 6.07) is 0. The molecule has 2 saturated heterocycles. The van der Waals surface area contributed by atoms with Gasteiger partial charge >= 0.3 is 5.97 Å². The van der Waals surface area contributed by atoms with Crippen LogP contribution in [-0.4, -0.2) is 37.9 Å². The number of carbonyl (C=O) groups excluding carboxylic acids is 1. The predicted molar refractivity (Wildman–Crippen MR) is 54.5 cm³/mol. The molecule has 0 aromatic heterocycles. The highest BCUT2D eigenvalue weighted by atomic mass is 16.9. The van der Waals surface area contributed by atoms with Gasteiger partial charge in [0.05, 0.1) is 13.2 Å². The van der Waals surface area contributed by atoms with E-state index in [1.54, 1.807) is 0 Å². The molecule has 0 saturated carbocycles. The van der Waals surface area contributed by atoms with Gasteiger partial charge in [0.2, 0.25) is 0 Å². The third-order valence-corrected chi connectivity index (χ3v) is 2.61. The van der Waals surface area contributed by atoms with E-state index in [2.05, 4.69) is 6.58 Å². The molecule has 0 aromatic carbocycles. The van der Waals surface area contributed by atoms with Crippen LogP contribution in [0, 0.1) is 0 Å². The van der Waals surface area contributed by atoms with E-state index in [-0.39, 0.29) is 12.7 Å². The molecular formula is C11H16O5. The maximum absolute atomic E-state index is 10.9. The maximum Gasteiger partial charge on any atom is 0.330 e. The largest absolute Gasteiger partial charge is 0.460 e. The van der Waals surface area contributed by atoms with Crippen molar-refractivity contribution in [2.75, 3.05) is 19.8 Å². The summed E-state index contributed by atoms with van der Waals surface area (Å²) in [5.41, 5.74) is 0. The minimum Gasteiger partial charge on any atom is -0.460 e. The molecule has 2 heterocycles. The van der Waals surface area contributed by atoms with Crippen LogP contribution in [0.1, 0.15) is 19.3 Å². The van der Waals surface area contributed by atoms with E-state index in [0.717, 1.165) is 25.3 Å². The van der Waals surface area contributed by atoms with Crippen molar-refractivity contribution < 1.29 is 23.7 Å². The lowest BCUT2D eigenvalue weighted by Gasteiger charge is -2.31. The number of carbonyl (C=O) groups is 1. The van der Waals surface area contributed by atoms with Gasteiger partial charge in [0.25, 0.3) is 5.97 Å². The molecule has 2 unspecified atom stereocenters. The van der Waals surface area contributed by atoms with Gasteiger partial charge < -0.3 is 18.9 Å². The van der Waals surface area contributed by atoms with Gasteiger partial charge in [-0.25, -0.2) is 4.79 Å². The number of hydrogen-bond acceptors (Lipinski definition) is 5. The smallest absolute Gasteiger partial charge is 0.330 e. The Morgan fingerprint density at radius 1 is 1.50 bits per heavy atom. The second-order valence-electron chi connectivity index (χ2n) is 3.87. The molecule has 0 aromatic rings. The monoisotopic (exact) mass is 228 g/mol. The summed E-state index contributed by atoms with van der Waals surface area (Å²) in [5, 5.41) is 0. The Morgan fingerprint density at radius 3 is 3.06 bits per heavy atom. The second kappa shape index (κ2) is 4.95. The minimum atomic E-state index is -0.885. The van der Waals surface area contributed by atoms with Gasteiger partial charge in [-0.2, -0.15) is 0 Å². The van der Waals surface area contributed by atoms with Crippen LogP contribution in [0.15, 0.2) is 12.7 Å². The fraction of sp³-hybridized carbons (Fsp3) is 0.727. The molecule has 5 nitrogen and oxygen atoms in total. The minimum absolute atomic E-state index is 0.177. The van der Waals surface area contributed by atoms with Crippen LogP contribution >= 0.6 is 0 Å².